The summed E-state index contributed by atoms with van der Waals surface area (Å²) in [7, 11) is 0. The molecule has 0 aromatic rings. The Bertz CT molecular complexity index is 277. The summed E-state index contributed by atoms with van der Waals surface area (Å²) in [6.45, 7) is 8.11. The minimum absolute atomic E-state index is 0.0787. The van der Waals surface area contributed by atoms with Gasteiger partial charge in [0, 0.05) is 6.61 Å². The van der Waals surface area contributed by atoms with Crippen LogP contribution in [-0.4, -0.2) is 18.3 Å². The molecule has 0 amide bonds. The highest BCUT2D eigenvalue weighted by molar-refractivity contribution is 5.13. The second kappa shape index (κ2) is 3.64. The number of hydrogen-bond acceptors (Lipinski definition) is 2. The maximum Gasteiger partial charge on any atom is 0.162 e. The molecule has 2 heteroatoms. The summed E-state index contributed by atoms with van der Waals surface area (Å²) in [5, 5.41) is 0. The van der Waals surface area contributed by atoms with Gasteiger partial charge >= 0.3 is 0 Å². The lowest BCUT2D eigenvalue weighted by atomic mass is 10.1. The molecule has 0 radical (unpaired) electrons. The lowest BCUT2D eigenvalue weighted by molar-refractivity contribution is -0.0341. The Labute approximate surface area is 84.9 Å². The van der Waals surface area contributed by atoms with E-state index in [-0.39, 0.29) is 11.7 Å². The lowest BCUT2D eigenvalue weighted by Crippen LogP contribution is -2.30. The number of allylic oxidation sites excluding steroid dienone is 1. The summed E-state index contributed by atoms with van der Waals surface area (Å²) in [5.41, 5.74) is 2.66. The number of rotatable bonds is 4. The van der Waals surface area contributed by atoms with Crippen LogP contribution in [0.4, 0.5) is 0 Å². The minimum Gasteiger partial charge on any atom is -0.477 e. The van der Waals surface area contributed by atoms with Gasteiger partial charge in [-0.15, -0.1) is 0 Å². The van der Waals surface area contributed by atoms with Gasteiger partial charge in [0.2, 0.25) is 0 Å². The van der Waals surface area contributed by atoms with Crippen LogP contribution in [0.3, 0.4) is 0 Å². The van der Waals surface area contributed by atoms with E-state index in [9.17, 15) is 0 Å². The molecule has 1 aliphatic heterocycles. The highest BCUT2D eigenvalue weighted by Gasteiger charge is 2.54. The van der Waals surface area contributed by atoms with E-state index in [0.717, 1.165) is 32.3 Å². The molecule has 0 aromatic heterocycles. The van der Waals surface area contributed by atoms with Crippen molar-refractivity contribution < 1.29 is 9.47 Å². The van der Waals surface area contributed by atoms with Gasteiger partial charge < -0.3 is 9.47 Å². The van der Waals surface area contributed by atoms with Gasteiger partial charge in [-0.1, -0.05) is 18.9 Å². The van der Waals surface area contributed by atoms with E-state index < -0.39 is 0 Å². The molecule has 0 aromatic carbocycles. The molecule has 1 heterocycles. The standard InChI is InChI=1S/C12H16O2/c1-3-10(4-2)14-12(7-8-12)11-6-5-9-13-11/h3,11H,1-2,5-9H2. The Morgan fingerprint density at radius 3 is 2.79 bits per heavy atom. The fourth-order valence-electron chi connectivity index (χ4n) is 1.97. The van der Waals surface area contributed by atoms with E-state index in [2.05, 4.69) is 18.9 Å². The lowest BCUT2D eigenvalue weighted by Gasteiger charge is -2.23. The van der Waals surface area contributed by atoms with Crippen LogP contribution in [0, 0.1) is 0 Å². The van der Waals surface area contributed by atoms with Gasteiger partial charge in [0.25, 0.3) is 0 Å². The summed E-state index contributed by atoms with van der Waals surface area (Å²) in [6, 6.07) is 0. The first-order valence-electron chi connectivity index (χ1n) is 5.14. The monoisotopic (exact) mass is 192 g/mol. The molecule has 2 fully saturated rings. The summed E-state index contributed by atoms with van der Waals surface area (Å²) in [6.07, 6.45) is 6.35. The van der Waals surface area contributed by atoms with Crippen molar-refractivity contribution in [2.24, 2.45) is 0 Å². The maximum atomic E-state index is 5.83. The largest absolute Gasteiger partial charge is 0.477 e. The molecule has 14 heavy (non-hydrogen) atoms. The zero-order valence-corrected chi connectivity index (χ0v) is 8.42. The van der Waals surface area contributed by atoms with Crippen LogP contribution in [-0.2, 0) is 9.47 Å². The SMILES string of the molecule is C=C=C(C=C)OC1(C2CCCO2)CC1. The minimum atomic E-state index is -0.0787. The van der Waals surface area contributed by atoms with Crippen molar-refractivity contribution in [1.29, 1.82) is 0 Å². The summed E-state index contributed by atoms with van der Waals surface area (Å²) >= 11 is 0. The maximum absolute atomic E-state index is 5.83. The molecule has 0 bridgehead atoms. The fourth-order valence-corrected chi connectivity index (χ4v) is 1.97. The van der Waals surface area contributed by atoms with Crippen LogP contribution < -0.4 is 0 Å². The van der Waals surface area contributed by atoms with Crippen molar-refractivity contribution in [1.82, 2.24) is 0 Å². The van der Waals surface area contributed by atoms with Crippen molar-refractivity contribution in [3.8, 4) is 0 Å². The van der Waals surface area contributed by atoms with Gasteiger partial charge in [0.15, 0.2) is 5.76 Å². The normalized spacial score (nSPS) is 27.9. The van der Waals surface area contributed by atoms with Crippen molar-refractivity contribution in [2.75, 3.05) is 6.61 Å². The molecule has 1 aliphatic carbocycles. The Morgan fingerprint density at radius 1 is 1.57 bits per heavy atom. The van der Waals surface area contributed by atoms with Crippen molar-refractivity contribution >= 4 is 0 Å². The van der Waals surface area contributed by atoms with Crippen LogP contribution in [0.15, 0.2) is 30.7 Å². The van der Waals surface area contributed by atoms with Gasteiger partial charge in [0.05, 0.1) is 6.10 Å². The molecule has 0 spiro atoms. The summed E-state index contributed by atoms with van der Waals surface area (Å²) < 4.78 is 11.5. The third-order valence-electron chi connectivity index (χ3n) is 2.93. The molecule has 1 atom stereocenters. The molecule has 2 rings (SSSR count). The number of hydrogen-bond donors (Lipinski definition) is 0. The second-order valence-electron chi connectivity index (χ2n) is 3.91. The molecule has 2 aliphatic rings. The molecular weight excluding hydrogens is 176 g/mol. The fraction of sp³-hybridized carbons (Fsp3) is 0.583. The topological polar surface area (TPSA) is 18.5 Å². The quantitative estimate of drug-likeness (QED) is 0.387. The molecule has 0 N–H and O–H groups in total. The van der Waals surface area contributed by atoms with Crippen molar-refractivity contribution in [3.63, 3.8) is 0 Å². The third-order valence-corrected chi connectivity index (χ3v) is 2.93. The Hall–Kier alpha value is -0.980. The average Bonchev–Trinajstić information content (AvgIpc) is 2.79. The highest BCUT2D eigenvalue weighted by atomic mass is 16.6. The third kappa shape index (κ3) is 1.63. The Kier molecular flexibility index (Phi) is 2.49. The van der Waals surface area contributed by atoms with E-state index >= 15 is 0 Å². The summed E-state index contributed by atoms with van der Waals surface area (Å²) in [4.78, 5) is 0. The van der Waals surface area contributed by atoms with Crippen molar-refractivity contribution in [2.45, 2.75) is 37.4 Å². The van der Waals surface area contributed by atoms with Crippen LogP contribution in [0.2, 0.25) is 0 Å². The molecule has 1 saturated heterocycles. The van der Waals surface area contributed by atoms with E-state index in [1.165, 1.54) is 0 Å². The average molecular weight is 192 g/mol. The first-order valence-corrected chi connectivity index (χ1v) is 5.14. The smallest absolute Gasteiger partial charge is 0.162 e. The first kappa shape index (κ1) is 9.57. The second-order valence-corrected chi connectivity index (χ2v) is 3.91. The van der Waals surface area contributed by atoms with Gasteiger partial charge in [0.1, 0.15) is 5.60 Å². The highest BCUT2D eigenvalue weighted by Crippen LogP contribution is 2.48. The summed E-state index contributed by atoms with van der Waals surface area (Å²) in [5.74, 6) is 0.651. The van der Waals surface area contributed by atoms with Crippen LogP contribution >= 0.6 is 0 Å². The Balaban J connectivity index is 2.02. The van der Waals surface area contributed by atoms with Gasteiger partial charge in [-0.05, 0) is 31.8 Å². The Morgan fingerprint density at radius 2 is 2.36 bits per heavy atom. The molecular formula is C12H16O2. The van der Waals surface area contributed by atoms with E-state index in [0.29, 0.717) is 5.76 Å². The first-order chi connectivity index (χ1) is 6.80. The molecule has 2 nitrogen and oxygen atoms in total. The van der Waals surface area contributed by atoms with Crippen LogP contribution in [0.25, 0.3) is 0 Å². The molecule has 1 unspecified atom stereocenters. The van der Waals surface area contributed by atoms with Crippen molar-refractivity contribution in [3.05, 3.63) is 30.7 Å². The van der Waals surface area contributed by atoms with Crippen LogP contribution in [0.5, 0.6) is 0 Å². The van der Waals surface area contributed by atoms with Crippen LogP contribution in [0.1, 0.15) is 25.7 Å². The van der Waals surface area contributed by atoms with Gasteiger partial charge in [-0.2, -0.15) is 0 Å². The number of ether oxygens (including phenoxy) is 2. The molecule has 1 saturated carbocycles. The van der Waals surface area contributed by atoms with Gasteiger partial charge in [-0.3, -0.25) is 0 Å². The predicted octanol–water partition coefficient (Wildman–Crippen LogP) is 2.57. The zero-order valence-electron chi connectivity index (χ0n) is 8.42. The predicted molar refractivity (Wildman–Crippen MR) is 54.9 cm³/mol. The zero-order chi connectivity index (χ0) is 10.0. The van der Waals surface area contributed by atoms with E-state index in [4.69, 9.17) is 9.47 Å². The van der Waals surface area contributed by atoms with E-state index in [1.54, 1.807) is 6.08 Å². The van der Waals surface area contributed by atoms with E-state index in [1.807, 2.05) is 0 Å². The van der Waals surface area contributed by atoms with Gasteiger partial charge in [-0.25, -0.2) is 0 Å². The molecule has 76 valence electrons.